The molecule has 1 aliphatic rings. The van der Waals surface area contributed by atoms with Gasteiger partial charge in [-0.3, -0.25) is 9.88 Å². The SMILES string of the molecule is c1ccc(-c2nc(CN3CCNCC3c3cccnc3)co2)cc1. The van der Waals surface area contributed by atoms with Crippen molar-refractivity contribution in [2.75, 3.05) is 19.6 Å². The van der Waals surface area contributed by atoms with Gasteiger partial charge < -0.3 is 9.73 Å². The molecular weight excluding hydrogens is 300 g/mol. The highest BCUT2D eigenvalue weighted by atomic mass is 16.3. The van der Waals surface area contributed by atoms with Crippen molar-refractivity contribution < 1.29 is 4.42 Å². The van der Waals surface area contributed by atoms with Crippen molar-refractivity contribution in [1.29, 1.82) is 0 Å². The summed E-state index contributed by atoms with van der Waals surface area (Å²) in [6.45, 7) is 3.67. The molecule has 4 rings (SSSR count). The Kier molecular flexibility index (Phi) is 4.36. The number of rotatable bonds is 4. The summed E-state index contributed by atoms with van der Waals surface area (Å²) in [6.07, 6.45) is 5.53. The van der Waals surface area contributed by atoms with Crippen LogP contribution in [-0.4, -0.2) is 34.5 Å². The molecule has 0 aliphatic carbocycles. The van der Waals surface area contributed by atoms with Crippen LogP contribution in [0.15, 0.2) is 65.5 Å². The molecule has 3 heterocycles. The van der Waals surface area contributed by atoms with Gasteiger partial charge in [-0.2, -0.15) is 0 Å². The van der Waals surface area contributed by atoms with E-state index in [2.05, 4.69) is 26.3 Å². The van der Waals surface area contributed by atoms with Gasteiger partial charge in [0.2, 0.25) is 5.89 Å². The van der Waals surface area contributed by atoms with Crippen molar-refractivity contribution in [3.05, 3.63) is 72.4 Å². The number of aromatic nitrogens is 2. The van der Waals surface area contributed by atoms with Crippen molar-refractivity contribution >= 4 is 0 Å². The molecule has 0 amide bonds. The lowest BCUT2D eigenvalue weighted by atomic mass is 10.1. The zero-order valence-corrected chi connectivity index (χ0v) is 13.4. The van der Waals surface area contributed by atoms with Gasteiger partial charge in [-0.05, 0) is 23.8 Å². The first-order valence-electron chi connectivity index (χ1n) is 8.25. The van der Waals surface area contributed by atoms with Crippen LogP contribution < -0.4 is 5.32 Å². The summed E-state index contributed by atoms with van der Waals surface area (Å²) >= 11 is 0. The molecule has 122 valence electrons. The van der Waals surface area contributed by atoms with E-state index in [1.165, 1.54) is 5.56 Å². The molecule has 0 saturated carbocycles. The summed E-state index contributed by atoms with van der Waals surface area (Å²) in [5.41, 5.74) is 3.20. The van der Waals surface area contributed by atoms with Crippen molar-refractivity contribution in [2.45, 2.75) is 12.6 Å². The maximum Gasteiger partial charge on any atom is 0.226 e. The smallest absolute Gasteiger partial charge is 0.226 e. The van der Waals surface area contributed by atoms with Crippen LogP contribution in [0.4, 0.5) is 0 Å². The number of oxazole rings is 1. The molecule has 1 unspecified atom stereocenters. The van der Waals surface area contributed by atoms with Crippen molar-refractivity contribution in [1.82, 2.24) is 20.2 Å². The third kappa shape index (κ3) is 3.22. The molecule has 1 aromatic carbocycles. The maximum absolute atomic E-state index is 5.67. The standard InChI is InChI=1S/C19H20N4O/c1-2-5-15(6-3-1)19-22-17(14-24-19)13-23-10-9-21-12-18(23)16-7-4-8-20-11-16/h1-8,11,14,18,21H,9-10,12-13H2. The second-order valence-corrected chi connectivity index (χ2v) is 5.99. The van der Waals surface area contributed by atoms with E-state index in [4.69, 9.17) is 4.42 Å². The Morgan fingerprint density at radius 3 is 2.92 bits per heavy atom. The van der Waals surface area contributed by atoms with E-state index in [9.17, 15) is 0 Å². The number of nitrogens with zero attached hydrogens (tertiary/aromatic N) is 3. The molecule has 0 radical (unpaired) electrons. The average molecular weight is 320 g/mol. The molecule has 0 bridgehead atoms. The summed E-state index contributed by atoms with van der Waals surface area (Å²) in [5, 5.41) is 3.47. The average Bonchev–Trinajstić information content (AvgIpc) is 3.12. The van der Waals surface area contributed by atoms with Crippen LogP contribution in [0.3, 0.4) is 0 Å². The Bertz CT molecular complexity index is 772. The van der Waals surface area contributed by atoms with E-state index in [0.29, 0.717) is 11.9 Å². The molecular formula is C19H20N4O. The minimum absolute atomic E-state index is 0.310. The number of hydrogen-bond donors (Lipinski definition) is 1. The van der Waals surface area contributed by atoms with Gasteiger partial charge in [-0.15, -0.1) is 0 Å². The fraction of sp³-hybridized carbons (Fsp3) is 0.263. The highest BCUT2D eigenvalue weighted by molar-refractivity contribution is 5.52. The van der Waals surface area contributed by atoms with Crippen molar-refractivity contribution in [3.8, 4) is 11.5 Å². The van der Waals surface area contributed by atoms with Crippen LogP contribution in [0.5, 0.6) is 0 Å². The largest absolute Gasteiger partial charge is 0.444 e. The van der Waals surface area contributed by atoms with E-state index in [-0.39, 0.29) is 0 Å². The van der Waals surface area contributed by atoms with E-state index in [0.717, 1.165) is 37.4 Å². The Balaban J connectivity index is 1.52. The molecule has 1 N–H and O–H groups in total. The molecule has 5 heteroatoms. The summed E-state index contributed by atoms with van der Waals surface area (Å²) in [7, 11) is 0. The maximum atomic E-state index is 5.67. The first kappa shape index (κ1) is 15.1. The molecule has 1 atom stereocenters. The van der Waals surface area contributed by atoms with E-state index < -0.39 is 0 Å². The zero-order valence-electron chi connectivity index (χ0n) is 13.4. The van der Waals surface area contributed by atoms with Gasteiger partial charge in [0, 0.05) is 50.2 Å². The fourth-order valence-electron chi connectivity index (χ4n) is 3.14. The number of nitrogens with one attached hydrogen (secondary N) is 1. The Hall–Kier alpha value is -2.50. The van der Waals surface area contributed by atoms with Crippen LogP contribution in [-0.2, 0) is 6.54 Å². The van der Waals surface area contributed by atoms with Gasteiger partial charge in [0.1, 0.15) is 6.26 Å². The highest BCUT2D eigenvalue weighted by Crippen LogP contribution is 2.24. The first-order chi connectivity index (χ1) is 11.9. The highest BCUT2D eigenvalue weighted by Gasteiger charge is 2.24. The Labute approximate surface area is 141 Å². The summed E-state index contributed by atoms with van der Waals surface area (Å²) in [5.74, 6) is 0.679. The van der Waals surface area contributed by atoms with E-state index >= 15 is 0 Å². The van der Waals surface area contributed by atoms with Crippen molar-refractivity contribution in [3.63, 3.8) is 0 Å². The minimum Gasteiger partial charge on any atom is -0.444 e. The van der Waals surface area contributed by atoms with Gasteiger partial charge in [0.25, 0.3) is 0 Å². The lowest BCUT2D eigenvalue weighted by Crippen LogP contribution is -2.45. The molecule has 0 spiro atoms. The van der Waals surface area contributed by atoms with Crippen LogP contribution in [0.1, 0.15) is 17.3 Å². The van der Waals surface area contributed by atoms with E-state index in [1.54, 1.807) is 6.26 Å². The predicted octanol–water partition coefficient (Wildman–Crippen LogP) is 2.88. The first-order valence-corrected chi connectivity index (χ1v) is 8.25. The Morgan fingerprint density at radius 2 is 2.08 bits per heavy atom. The number of hydrogen-bond acceptors (Lipinski definition) is 5. The monoisotopic (exact) mass is 320 g/mol. The molecule has 1 aliphatic heterocycles. The lowest BCUT2D eigenvalue weighted by molar-refractivity contribution is 0.151. The van der Waals surface area contributed by atoms with Gasteiger partial charge >= 0.3 is 0 Å². The van der Waals surface area contributed by atoms with Gasteiger partial charge in [-0.25, -0.2) is 4.98 Å². The summed E-state index contributed by atoms with van der Waals surface area (Å²) in [4.78, 5) is 11.3. The van der Waals surface area contributed by atoms with Gasteiger partial charge in [0.05, 0.1) is 5.69 Å². The number of piperazine rings is 1. The summed E-state index contributed by atoms with van der Waals surface area (Å²) in [6, 6.07) is 14.4. The molecule has 2 aromatic heterocycles. The van der Waals surface area contributed by atoms with Crippen LogP contribution in [0, 0.1) is 0 Å². The topological polar surface area (TPSA) is 54.2 Å². The van der Waals surface area contributed by atoms with Crippen LogP contribution in [0.25, 0.3) is 11.5 Å². The minimum atomic E-state index is 0.310. The van der Waals surface area contributed by atoms with Gasteiger partial charge in [-0.1, -0.05) is 24.3 Å². The molecule has 1 fully saturated rings. The summed E-state index contributed by atoms with van der Waals surface area (Å²) < 4.78 is 5.67. The molecule has 1 saturated heterocycles. The van der Waals surface area contributed by atoms with Gasteiger partial charge in [0.15, 0.2) is 0 Å². The molecule has 5 nitrogen and oxygen atoms in total. The lowest BCUT2D eigenvalue weighted by Gasteiger charge is -2.35. The van der Waals surface area contributed by atoms with E-state index in [1.807, 2.05) is 48.8 Å². The van der Waals surface area contributed by atoms with Crippen molar-refractivity contribution in [2.24, 2.45) is 0 Å². The normalized spacial score (nSPS) is 18.6. The van der Waals surface area contributed by atoms with Crippen LogP contribution >= 0.6 is 0 Å². The number of pyridine rings is 1. The fourth-order valence-corrected chi connectivity index (χ4v) is 3.14. The second kappa shape index (κ2) is 6.95. The third-order valence-electron chi connectivity index (χ3n) is 4.36. The third-order valence-corrected chi connectivity index (χ3v) is 4.36. The Morgan fingerprint density at radius 1 is 1.17 bits per heavy atom. The van der Waals surface area contributed by atoms with Crippen LogP contribution in [0.2, 0.25) is 0 Å². The second-order valence-electron chi connectivity index (χ2n) is 5.99. The predicted molar refractivity (Wildman–Crippen MR) is 92.2 cm³/mol. The quantitative estimate of drug-likeness (QED) is 0.801. The molecule has 3 aromatic rings. The number of benzene rings is 1. The molecule has 24 heavy (non-hydrogen) atoms. The zero-order chi connectivity index (χ0) is 16.2.